The monoisotopic (exact) mass is 395 g/mol. The van der Waals surface area contributed by atoms with Gasteiger partial charge in [-0.25, -0.2) is 12.7 Å². The lowest BCUT2D eigenvalue weighted by Crippen LogP contribution is -2.42. The number of para-hydroxylation sites is 1. The molecule has 1 aliphatic rings. The fourth-order valence-corrected chi connectivity index (χ4v) is 4.14. The summed E-state index contributed by atoms with van der Waals surface area (Å²) < 4.78 is 25.3. The van der Waals surface area contributed by atoms with Crippen LogP contribution >= 0.6 is 0 Å². The summed E-state index contributed by atoms with van der Waals surface area (Å²) in [6.07, 6.45) is 0.947. The van der Waals surface area contributed by atoms with E-state index in [1.165, 1.54) is 4.31 Å². The Bertz CT molecular complexity index is 791. The van der Waals surface area contributed by atoms with Crippen LogP contribution in [0.4, 0.5) is 5.69 Å². The zero-order valence-electron chi connectivity index (χ0n) is 16.4. The van der Waals surface area contributed by atoms with E-state index >= 15 is 0 Å². The summed E-state index contributed by atoms with van der Waals surface area (Å²) in [5.74, 6) is -0.631. The van der Waals surface area contributed by atoms with Crippen LogP contribution in [0.15, 0.2) is 24.3 Å². The van der Waals surface area contributed by atoms with Crippen LogP contribution in [0, 0.1) is 5.92 Å². The van der Waals surface area contributed by atoms with Crippen molar-refractivity contribution in [3.05, 3.63) is 29.8 Å². The molecule has 1 fully saturated rings. The van der Waals surface area contributed by atoms with Crippen LogP contribution < -0.4 is 10.6 Å². The summed E-state index contributed by atoms with van der Waals surface area (Å²) in [7, 11) is -3.22. The molecule has 0 atom stereocenters. The Morgan fingerprint density at radius 2 is 1.74 bits per heavy atom. The van der Waals surface area contributed by atoms with Gasteiger partial charge >= 0.3 is 0 Å². The summed E-state index contributed by atoms with van der Waals surface area (Å²) in [5, 5.41) is 5.74. The molecule has 0 spiro atoms. The van der Waals surface area contributed by atoms with Crippen molar-refractivity contribution in [1.82, 2.24) is 9.62 Å². The molecule has 0 aliphatic carbocycles. The van der Waals surface area contributed by atoms with E-state index in [0.717, 1.165) is 0 Å². The van der Waals surface area contributed by atoms with E-state index in [-0.39, 0.29) is 29.0 Å². The second kappa shape index (κ2) is 8.39. The van der Waals surface area contributed by atoms with Gasteiger partial charge < -0.3 is 10.6 Å². The van der Waals surface area contributed by atoms with E-state index in [1.54, 1.807) is 31.2 Å². The van der Waals surface area contributed by atoms with Crippen LogP contribution in [-0.2, 0) is 14.8 Å². The van der Waals surface area contributed by atoms with Crippen LogP contribution in [-0.4, -0.2) is 48.9 Å². The van der Waals surface area contributed by atoms with E-state index in [1.807, 2.05) is 20.8 Å². The first-order valence-electron chi connectivity index (χ1n) is 9.23. The largest absolute Gasteiger partial charge is 0.347 e. The second-order valence-corrected chi connectivity index (χ2v) is 10.1. The number of sulfonamides is 1. The highest BCUT2D eigenvalue weighted by molar-refractivity contribution is 7.89. The predicted molar refractivity (Wildman–Crippen MR) is 106 cm³/mol. The van der Waals surface area contributed by atoms with Gasteiger partial charge in [0.05, 0.1) is 17.0 Å². The first-order chi connectivity index (χ1) is 12.5. The molecule has 0 unspecified atom stereocenters. The van der Waals surface area contributed by atoms with Crippen LogP contribution in [0.1, 0.15) is 50.9 Å². The van der Waals surface area contributed by atoms with Crippen molar-refractivity contribution in [2.24, 2.45) is 5.92 Å². The lowest BCUT2D eigenvalue weighted by atomic mass is 9.97. The molecular formula is C19H29N3O4S. The van der Waals surface area contributed by atoms with Crippen molar-refractivity contribution >= 4 is 27.5 Å². The van der Waals surface area contributed by atoms with Gasteiger partial charge in [-0.15, -0.1) is 0 Å². The van der Waals surface area contributed by atoms with Crippen molar-refractivity contribution in [3.8, 4) is 0 Å². The number of piperidine rings is 1. The summed E-state index contributed by atoms with van der Waals surface area (Å²) in [4.78, 5) is 25.1. The molecule has 1 aromatic rings. The van der Waals surface area contributed by atoms with Gasteiger partial charge in [-0.1, -0.05) is 12.1 Å². The molecule has 0 aromatic heterocycles. The van der Waals surface area contributed by atoms with Gasteiger partial charge in [0, 0.05) is 24.5 Å². The van der Waals surface area contributed by atoms with Gasteiger partial charge in [0.25, 0.3) is 5.91 Å². The number of carbonyl (C=O) groups excluding carboxylic acids is 2. The molecule has 1 heterocycles. The fourth-order valence-electron chi connectivity index (χ4n) is 3.01. The van der Waals surface area contributed by atoms with Gasteiger partial charge in [-0.05, 0) is 52.7 Å². The predicted octanol–water partition coefficient (Wildman–Crippen LogP) is 2.22. The molecular weight excluding hydrogens is 366 g/mol. The van der Waals surface area contributed by atoms with Gasteiger partial charge in [0.15, 0.2) is 0 Å². The maximum Gasteiger partial charge on any atom is 0.253 e. The van der Waals surface area contributed by atoms with Crippen molar-refractivity contribution in [2.75, 3.05) is 24.2 Å². The Morgan fingerprint density at radius 3 is 2.30 bits per heavy atom. The fraction of sp³-hybridized carbons (Fsp3) is 0.579. The molecule has 27 heavy (non-hydrogen) atoms. The Balaban J connectivity index is 2.04. The molecule has 1 aliphatic heterocycles. The number of hydrogen-bond donors (Lipinski definition) is 2. The third kappa shape index (κ3) is 5.77. The summed E-state index contributed by atoms with van der Waals surface area (Å²) in [6.45, 7) is 7.99. The average molecular weight is 396 g/mol. The Kier molecular flexibility index (Phi) is 6.64. The molecule has 1 aromatic carbocycles. The van der Waals surface area contributed by atoms with Crippen molar-refractivity contribution in [1.29, 1.82) is 0 Å². The topological polar surface area (TPSA) is 95.6 Å². The van der Waals surface area contributed by atoms with Crippen molar-refractivity contribution < 1.29 is 18.0 Å². The highest BCUT2D eigenvalue weighted by Gasteiger charge is 2.30. The quantitative estimate of drug-likeness (QED) is 0.799. The molecule has 2 N–H and O–H groups in total. The number of anilines is 1. The molecule has 2 amide bonds. The Labute approximate surface area is 161 Å². The zero-order valence-corrected chi connectivity index (χ0v) is 17.2. The number of nitrogens with one attached hydrogen (secondary N) is 2. The average Bonchev–Trinajstić information content (AvgIpc) is 2.60. The number of rotatable bonds is 5. The standard InChI is InChI=1S/C19H29N3O4S/c1-5-27(25,26)22-12-10-14(11-13-22)17(23)20-16-9-7-6-8-15(16)18(24)21-19(2,3)4/h6-9,14H,5,10-13H2,1-4H3,(H,20,23)(H,21,24). The molecule has 1 saturated heterocycles. The SMILES string of the molecule is CCS(=O)(=O)N1CCC(C(=O)Nc2ccccc2C(=O)NC(C)(C)C)CC1. The van der Waals surface area contributed by atoms with E-state index in [9.17, 15) is 18.0 Å². The third-order valence-electron chi connectivity index (χ3n) is 4.50. The first kappa shape index (κ1) is 21.4. The number of hydrogen-bond acceptors (Lipinski definition) is 4. The minimum atomic E-state index is -3.22. The summed E-state index contributed by atoms with van der Waals surface area (Å²) in [6, 6.07) is 6.89. The molecule has 0 saturated carbocycles. The molecule has 0 bridgehead atoms. The highest BCUT2D eigenvalue weighted by atomic mass is 32.2. The third-order valence-corrected chi connectivity index (χ3v) is 6.38. The van der Waals surface area contributed by atoms with Crippen LogP contribution in [0.5, 0.6) is 0 Å². The van der Waals surface area contributed by atoms with Crippen LogP contribution in [0.2, 0.25) is 0 Å². The minimum absolute atomic E-state index is 0.0696. The number of amides is 2. The molecule has 150 valence electrons. The van der Waals surface area contributed by atoms with Gasteiger partial charge in [0.2, 0.25) is 15.9 Å². The lowest BCUT2D eigenvalue weighted by molar-refractivity contribution is -0.120. The molecule has 7 nitrogen and oxygen atoms in total. The van der Waals surface area contributed by atoms with E-state index in [4.69, 9.17) is 0 Å². The van der Waals surface area contributed by atoms with Gasteiger partial charge in [-0.3, -0.25) is 9.59 Å². The smallest absolute Gasteiger partial charge is 0.253 e. The molecule has 0 radical (unpaired) electrons. The normalized spacial score (nSPS) is 16.7. The van der Waals surface area contributed by atoms with Crippen molar-refractivity contribution in [3.63, 3.8) is 0 Å². The number of benzene rings is 1. The Morgan fingerprint density at radius 1 is 1.15 bits per heavy atom. The van der Waals surface area contributed by atoms with Gasteiger partial charge in [-0.2, -0.15) is 0 Å². The van der Waals surface area contributed by atoms with Gasteiger partial charge in [0.1, 0.15) is 0 Å². The highest BCUT2D eigenvalue weighted by Crippen LogP contribution is 2.23. The van der Waals surface area contributed by atoms with Crippen LogP contribution in [0.3, 0.4) is 0 Å². The Hall–Kier alpha value is -1.93. The van der Waals surface area contributed by atoms with E-state index in [0.29, 0.717) is 37.2 Å². The zero-order chi connectivity index (χ0) is 20.2. The molecule has 2 rings (SSSR count). The van der Waals surface area contributed by atoms with E-state index in [2.05, 4.69) is 10.6 Å². The first-order valence-corrected chi connectivity index (χ1v) is 10.8. The number of carbonyl (C=O) groups is 2. The second-order valence-electron chi connectivity index (χ2n) is 7.81. The van der Waals surface area contributed by atoms with E-state index < -0.39 is 10.0 Å². The maximum atomic E-state index is 12.6. The maximum absolute atomic E-state index is 12.6. The van der Waals surface area contributed by atoms with Crippen LogP contribution in [0.25, 0.3) is 0 Å². The lowest BCUT2D eigenvalue weighted by Gasteiger charge is -2.30. The number of nitrogens with zero attached hydrogens (tertiary/aromatic N) is 1. The minimum Gasteiger partial charge on any atom is -0.347 e. The van der Waals surface area contributed by atoms with Crippen molar-refractivity contribution in [2.45, 2.75) is 46.1 Å². The molecule has 8 heteroatoms. The summed E-state index contributed by atoms with van der Waals surface area (Å²) >= 11 is 0. The summed E-state index contributed by atoms with van der Waals surface area (Å²) in [5.41, 5.74) is 0.492.